The van der Waals surface area contributed by atoms with Crippen molar-refractivity contribution < 1.29 is 14.6 Å². The lowest BCUT2D eigenvalue weighted by Crippen LogP contribution is -2.21. The van der Waals surface area contributed by atoms with E-state index in [-0.39, 0.29) is 11.6 Å². The maximum Gasteiger partial charge on any atom is 0.335 e. The molecule has 0 bridgehead atoms. The summed E-state index contributed by atoms with van der Waals surface area (Å²) in [6, 6.07) is 8.67. The fraction of sp³-hybridized carbons (Fsp3) is 0.273. The van der Waals surface area contributed by atoms with Crippen molar-refractivity contribution in [2.45, 2.75) is 27.2 Å². The predicted molar refractivity (Wildman–Crippen MR) is 113 cm³/mol. The van der Waals surface area contributed by atoms with Gasteiger partial charge in [0.1, 0.15) is 17.3 Å². The van der Waals surface area contributed by atoms with Gasteiger partial charge in [0, 0.05) is 53.2 Å². The average Bonchev–Trinajstić information content (AvgIpc) is 2.68. The lowest BCUT2D eigenvalue weighted by atomic mass is 9.91. The van der Waals surface area contributed by atoms with Crippen LogP contribution >= 0.6 is 0 Å². The molecule has 6 nitrogen and oxygen atoms in total. The first kappa shape index (κ1) is 21.0. The van der Waals surface area contributed by atoms with E-state index < -0.39 is 5.97 Å². The second-order valence-corrected chi connectivity index (χ2v) is 6.23. The normalized spacial score (nSPS) is 10.4. The number of esters is 1. The minimum absolute atomic E-state index is 0.0776. The van der Waals surface area contributed by atoms with Gasteiger partial charge < -0.3 is 20.5 Å². The van der Waals surface area contributed by atoms with Crippen LogP contribution in [0, 0.1) is 5.41 Å². The number of phenolic OH excluding ortho intramolecular Hbond substituents is 1. The maximum atomic E-state index is 11.7. The third kappa shape index (κ3) is 4.17. The standard InChI is InChI=1S/C22H27N3O3/c1-5-15-19(28-20(27)6-2)12-11-17(22(23)24)21(15)16-10-9-14(13-18(16)26)25(7-3)8-4/h6,9-13,26H,2,5,7-8H2,1,3-4H3,(H3,23,24). The van der Waals surface area contributed by atoms with Crippen molar-refractivity contribution in [1.82, 2.24) is 0 Å². The Kier molecular flexibility index (Phi) is 6.82. The van der Waals surface area contributed by atoms with Crippen molar-refractivity contribution >= 4 is 17.5 Å². The number of phenols is 1. The van der Waals surface area contributed by atoms with Crippen LogP contribution < -0.4 is 15.4 Å². The third-order valence-electron chi connectivity index (χ3n) is 4.67. The fourth-order valence-electron chi connectivity index (χ4n) is 3.27. The molecule has 0 aliphatic heterocycles. The van der Waals surface area contributed by atoms with Gasteiger partial charge >= 0.3 is 5.97 Å². The highest BCUT2D eigenvalue weighted by Gasteiger charge is 2.20. The van der Waals surface area contributed by atoms with E-state index in [4.69, 9.17) is 15.9 Å². The van der Waals surface area contributed by atoms with E-state index in [9.17, 15) is 9.90 Å². The summed E-state index contributed by atoms with van der Waals surface area (Å²) in [5, 5.41) is 18.7. The van der Waals surface area contributed by atoms with Crippen LogP contribution in [0.15, 0.2) is 43.0 Å². The molecule has 0 heterocycles. The van der Waals surface area contributed by atoms with Gasteiger partial charge in [-0.1, -0.05) is 13.5 Å². The summed E-state index contributed by atoms with van der Waals surface area (Å²) in [5.41, 5.74) is 8.99. The van der Waals surface area contributed by atoms with E-state index >= 15 is 0 Å². The largest absolute Gasteiger partial charge is 0.507 e. The molecule has 6 heteroatoms. The summed E-state index contributed by atoms with van der Waals surface area (Å²) in [5.74, 6) is -0.260. The zero-order chi connectivity index (χ0) is 20.8. The van der Waals surface area contributed by atoms with Gasteiger partial charge in [-0.2, -0.15) is 0 Å². The van der Waals surface area contributed by atoms with Crippen LogP contribution in [0.4, 0.5) is 5.69 Å². The maximum absolute atomic E-state index is 11.7. The molecule has 0 atom stereocenters. The molecule has 0 saturated carbocycles. The van der Waals surface area contributed by atoms with Gasteiger partial charge in [-0.05, 0) is 44.5 Å². The van der Waals surface area contributed by atoms with Crippen molar-refractivity contribution in [3.8, 4) is 22.6 Å². The number of amidine groups is 1. The molecule has 0 saturated heterocycles. The zero-order valence-corrected chi connectivity index (χ0v) is 16.6. The second-order valence-electron chi connectivity index (χ2n) is 6.23. The number of ether oxygens (including phenoxy) is 1. The predicted octanol–water partition coefficient (Wildman–Crippen LogP) is 3.84. The summed E-state index contributed by atoms with van der Waals surface area (Å²) in [6.45, 7) is 11.1. The highest BCUT2D eigenvalue weighted by molar-refractivity contribution is 6.03. The monoisotopic (exact) mass is 381 g/mol. The number of nitrogen functional groups attached to an aromatic ring is 1. The minimum atomic E-state index is -0.572. The van der Waals surface area contributed by atoms with Crippen molar-refractivity contribution in [3.05, 3.63) is 54.1 Å². The van der Waals surface area contributed by atoms with Crippen molar-refractivity contribution in [1.29, 1.82) is 5.41 Å². The molecule has 0 fully saturated rings. The molecule has 0 radical (unpaired) electrons. The first-order valence-electron chi connectivity index (χ1n) is 9.30. The van der Waals surface area contributed by atoms with Crippen molar-refractivity contribution in [3.63, 3.8) is 0 Å². The van der Waals surface area contributed by atoms with E-state index in [2.05, 4.69) is 25.3 Å². The summed E-state index contributed by atoms with van der Waals surface area (Å²) in [6.07, 6.45) is 1.61. The van der Waals surface area contributed by atoms with Gasteiger partial charge in [-0.25, -0.2) is 4.79 Å². The Balaban J connectivity index is 2.71. The Morgan fingerprint density at radius 1 is 1.25 bits per heavy atom. The van der Waals surface area contributed by atoms with E-state index in [1.807, 2.05) is 19.1 Å². The number of carbonyl (C=O) groups excluding carboxylic acids is 1. The lowest BCUT2D eigenvalue weighted by Gasteiger charge is -2.23. The number of aromatic hydroxyl groups is 1. The van der Waals surface area contributed by atoms with Gasteiger partial charge in [0.15, 0.2) is 0 Å². The molecule has 2 aromatic carbocycles. The van der Waals surface area contributed by atoms with Gasteiger partial charge in [0.2, 0.25) is 0 Å². The molecule has 0 unspecified atom stereocenters. The Labute approximate surface area is 165 Å². The van der Waals surface area contributed by atoms with Crippen LogP contribution in [0.1, 0.15) is 31.9 Å². The zero-order valence-electron chi connectivity index (χ0n) is 16.6. The van der Waals surface area contributed by atoms with Crippen molar-refractivity contribution in [2.75, 3.05) is 18.0 Å². The molecule has 28 heavy (non-hydrogen) atoms. The minimum Gasteiger partial charge on any atom is -0.507 e. The van der Waals surface area contributed by atoms with Gasteiger partial charge in [0.25, 0.3) is 0 Å². The number of rotatable bonds is 8. The molecule has 148 valence electrons. The van der Waals surface area contributed by atoms with E-state index in [0.29, 0.717) is 34.4 Å². The molecule has 0 amide bonds. The van der Waals surface area contributed by atoms with E-state index in [1.54, 1.807) is 18.2 Å². The number of hydrogen-bond acceptors (Lipinski definition) is 5. The van der Waals surface area contributed by atoms with Crippen molar-refractivity contribution in [2.24, 2.45) is 5.73 Å². The Morgan fingerprint density at radius 3 is 2.43 bits per heavy atom. The van der Waals surface area contributed by atoms with Crippen LogP contribution in [0.2, 0.25) is 0 Å². The fourth-order valence-corrected chi connectivity index (χ4v) is 3.27. The van der Waals surface area contributed by atoms with Crippen LogP contribution in [-0.2, 0) is 11.2 Å². The first-order valence-corrected chi connectivity index (χ1v) is 9.30. The average molecular weight is 381 g/mol. The molecule has 0 aliphatic carbocycles. The first-order chi connectivity index (χ1) is 13.4. The molecule has 0 aliphatic rings. The SMILES string of the molecule is C=CC(=O)Oc1ccc(C(=N)N)c(-c2ccc(N(CC)CC)cc2O)c1CC. The summed E-state index contributed by atoms with van der Waals surface area (Å²) in [7, 11) is 0. The lowest BCUT2D eigenvalue weighted by molar-refractivity contribution is -0.129. The van der Waals surface area contributed by atoms with E-state index in [0.717, 1.165) is 24.9 Å². The molecule has 2 aromatic rings. The van der Waals surface area contributed by atoms with Crippen LogP contribution in [0.5, 0.6) is 11.5 Å². The Bertz CT molecular complexity index is 902. The Hall–Kier alpha value is -3.28. The molecule has 4 N–H and O–H groups in total. The molecule has 0 spiro atoms. The quantitative estimate of drug-likeness (QED) is 0.212. The highest BCUT2D eigenvalue weighted by Crippen LogP contribution is 2.40. The Morgan fingerprint density at radius 2 is 1.93 bits per heavy atom. The molecular formula is C22H27N3O3. The number of nitrogens with two attached hydrogens (primary N) is 1. The molecular weight excluding hydrogens is 354 g/mol. The smallest absolute Gasteiger partial charge is 0.335 e. The highest BCUT2D eigenvalue weighted by atomic mass is 16.5. The topological polar surface area (TPSA) is 99.6 Å². The molecule has 2 rings (SSSR count). The van der Waals surface area contributed by atoms with Crippen LogP contribution in [0.25, 0.3) is 11.1 Å². The second kappa shape index (κ2) is 9.08. The summed E-state index contributed by atoms with van der Waals surface area (Å²) in [4.78, 5) is 13.8. The van der Waals surface area contributed by atoms with Gasteiger partial charge in [-0.3, -0.25) is 5.41 Å². The third-order valence-corrected chi connectivity index (χ3v) is 4.67. The number of carbonyl (C=O) groups is 1. The van der Waals surface area contributed by atoms with Gasteiger partial charge in [-0.15, -0.1) is 0 Å². The number of benzene rings is 2. The summed E-state index contributed by atoms with van der Waals surface area (Å²) >= 11 is 0. The molecule has 0 aromatic heterocycles. The number of nitrogens with one attached hydrogen (secondary N) is 1. The number of nitrogens with zero attached hydrogens (tertiary/aromatic N) is 1. The van der Waals surface area contributed by atoms with Gasteiger partial charge in [0.05, 0.1) is 0 Å². The van der Waals surface area contributed by atoms with Crippen LogP contribution in [-0.4, -0.2) is 30.0 Å². The van der Waals surface area contributed by atoms with Crippen LogP contribution in [0.3, 0.4) is 0 Å². The summed E-state index contributed by atoms with van der Waals surface area (Å²) < 4.78 is 5.36. The van der Waals surface area contributed by atoms with E-state index in [1.165, 1.54) is 0 Å². The number of hydrogen-bond donors (Lipinski definition) is 3. The number of anilines is 1.